The normalized spacial score (nSPS) is 11.9. The van der Waals surface area contributed by atoms with Crippen molar-refractivity contribution >= 4 is 44.0 Å². The predicted molar refractivity (Wildman–Crippen MR) is 98.3 cm³/mol. The number of hydrogen-bond donors (Lipinski definition) is 1. The summed E-state index contributed by atoms with van der Waals surface area (Å²) in [7, 11) is -2.43. The van der Waals surface area contributed by atoms with E-state index in [1.54, 1.807) is 0 Å². The van der Waals surface area contributed by atoms with E-state index in [1.165, 1.54) is 42.6 Å². The van der Waals surface area contributed by atoms with Crippen molar-refractivity contribution in [2.45, 2.75) is 25.2 Å². The van der Waals surface area contributed by atoms with E-state index in [2.05, 4.69) is 29.4 Å². The summed E-state index contributed by atoms with van der Waals surface area (Å²) >= 11 is 7.05. The summed E-state index contributed by atoms with van der Waals surface area (Å²) in [5, 5.41) is 12.1. The molecular formula is C15H19ClN4O3S2. The molecule has 25 heavy (non-hydrogen) atoms. The van der Waals surface area contributed by atoms with Crippen LogP contribution in [0.15, 0.2) is 29.2 Å². The molecule has 0 atom stereocenters. The molecule has 0 radical (unpaired) electrons. The molecule has 1 aromatic carbocycles. The minimum Gasteiger partial charge on any atom is -0.299 e. The van der Waals surface area contributed by atoms with E-state index in [4.69, 9.17) is 11.6 Å². The Morgan fingerprint density at radius 3 is 2.52 bits per heavy atom. The molecule has 10 heteroatoms. The SMILES string of the molecule is CC(C)Cc1nnc(NC(=O)CN(C)S(=O)(=O)c2ccc(Cl)cc2)s1. The van der Waals surface area contributed by atoms with E-state index in [9.17, 15) is 13.2 Å². The van der Waals surface area contributed by atoms with Gasteiger partial charge in [-0.2, -0.15) is 4.31 Å². The fourth-order valence-corrected chi connectivity index (χ4v) is 4.19. The van der Waals surface area contributed by atoms with E-state index in [0.29, 0.717) is 16.1 Å². The Morgan fingerprint density at radius 1 is 1.28 bits per heavy atom. The second kappa shape index (κ2) is 8.22. The first-order chi connectivity index (χ1) is 11.7. The third-order valence-corrected chi connectivity index (χ3v) is 6.11. The first kappa shape index (κ1) is 19.8. The third kappa shape index (κ3) is 5.46. The van der Waals surface area contributed by atoms with Gasteiger partial charge in [0.05, 0.1) is 11.4 Å². The van der Waals surface area contributed by atoms with Gasteiger partial charge in [0.15, 0.2) is 0 Å². The van der Waals surface area contributed by atoms with Crippen LogP contribution in [0.25, 0.3) is 0 Å². The van der Waals surface area contributed by atoms with E-state index in [1.807, 2.05) is 0 Å². The molecule has 0 fully saturated rings. The highest BCUT2D eigenvalue weighted by Gasteiger charge is 2.23. The van der Waals surface area contributed by atoms with Gasteiger partial charge < -0.3 is 0 Å². The number of rotatable bonds is 7. The maximum absolute atomic E-state index is 12.4. The van der Waals surface area contributed by atoms with Crippen LogP contribution in [0.3, 0.4) is 0 Å². The average molecular weight is 403 g/mol. The summed E-state index contributed by atoms with van der Waals surface area (Å²) in [6, 6.07) is 5.77. The van der Waals surface area contributed by atoms with E-state index in [0.717, 1.165) is 15.7 Å². The number of aromatic nitrogens is 2. The molecule has 1 heterocycles. The largest absolute Gasteiger partial charge is 0.299 e. The second-order valence-corrected chi connectivity index (χ2v) is 9.41. The molecule has 1 N–H and O–H groups in total. The standard InChI is InChI=1S/C15H19ClN4O3S2/c1-10(2)8-14-18-19-15(24-14)17-13(21)9-20(3)25(22,23)12-6-4-11(16)5-7-12/h4-7,10H,8-9H2,1-3H3,(H,17,19,21). The van der Waals surface area contributed by atoms with Crippen molar-refractivity contribution in [1.82, 2.24) is 14.5 Å². The smallest absolute Gasteiger partial charge is 0.243 e. The maximum atomic E-state index is 12.4. The van der Waals surface area contributed by atoms with Crippen LogP contribution in [-0.2, 0) is 21.2 Å². The molecule has 0 bridgehead atoms. The van der Waals surface area contributed by atoms with Gasteiger partial charge in [0.1, 0.15) is 5.01 Å². The topological polar surface area (TPSA) is 92.3 Å². The van der Waals surface area contributed by atoms with Crippen LogP contribution in [0, 0.1) is 5.92 Å². The van der Waals surface area contributed by atoms with Crippen molar-refractivity contribution in [3.8, 4) is 0 Å². The zero-order valence-corrected chi connectivity index (χ0v) is 16.5. The number of likely N-dealkylation sites (N-methyl/N-ethyl adjacent to an activating group) is 1. The highest BCUT2D eigenvalue weighted by atomic mass is 35.5. The molecule has 136 valence electrons. The van der Waals surface area contributed by atoms with Gasteiger partial charge in [-0.3, -0.25) is 10.1 Å². The van der Waals surface area contributed by atoms with Gasteiger partial charge in [0.2, 0.25) is 21.1 Å². The van der Waals surface area contributed by atoms with Gasteiger partial charge in [-0.25, -0.2) is 8.42 Å². The van der Waals surface area contributed by atoms with Crippen LogP contribution in [0.1, 0.15) is 18.9 Å². The second-order valence-electron chi connectivity index (χ2n) is 5.86. The van der Waals surface area contributed by atoms with E-state index < -0.39 is 15.9 Å². The Morgan fingerprint density at radius 2 is 1.92 bits per heavy atom. The summed E-state index contributed by atoms with van der Waals surface area (Å²) in [5.41, 5.74) is 0. The molecule has 0 aliphatic heterocycles. The highest BCUT2D eigenvalue weighted by molar-refractivity contribution is 7.89. The molecule has 0 unspecified atom stereocenters. The monoisotopic (exact) mass is 402 g/mol. The van der Waals surface area contributed by atoms with Gasteiger partial charge in [-0.05, 0) is 30.2 Å². The van der Waals surface area contributed by atoms with Gasteiger partial charge >= 0.3 is 0 Å². The molecule has 0 saturated heterocycles. The first-order valence-corrected chi connectivity index (χ1v) is 10.2. The number of nitrogens with zero attached hydrogens (tertiary/aromatic N) is 3. The van der Waals surface area contributed by atoms with Crippen molar-refractivity contribution in [3.63, 3.8) is 0 Å². The van der Waals surface area contributed by atoms with Crippen molar-refractivity contribution < 1.29 is 13.2 Å². The van der Waals surface area contributed by atoms with Crippen LogP contribution in [0.4, 0.5) is 5.13 Å². The van der Waals surface area contributed by atoms with E-state index >= 15 is 0 Å². The fraction of sp³-hybridized carbons (Fsp3) is 0.400. The molecule has 1 aromatic heterocycles. The van der Waals surface area contributed by atoms with Crippen LogP contribution in [0.5, 0.6) is 0 Å². The molecule has 1 amide bonds. The number of carbonyl (C=O) groups is 1. The number of benzene rings is 1. The zero-order chi connectivity index (χ0) is 18.6. The van der Waals surface area contributed by atoms with Crippen LogP contribution < -0.4 is 5.32 Å². The Labute approximate surface area is 156 Å². The highest BCUT2D eigenvalue weighted by Crippen LogP contribution is 2.19. The summed E-state index contributed by atoms with van der Waals surface area (Å²) in [4.78, 5) is 12.2. The number of halogens is 1. The molecule has 0 aliphatic rings. The summed E-state index contributed by atoms with van der Waals surface area (Å²) in [5.74, 6) is -0.0422. The summed E-state index contributed by atoms with van der Waals surface area (Å²) in [6.07, 6.45) is 0.776. The molecule has 2 rings (SSSR count). The van der Waals surface area contributed by atoms with Gasteiger partial charge in [-0.15, -0.1) is 10.2 Å². The number of hydrogen-bond acceptors (Lipinski definition) is 6. The lowest BCUT2D eigenvalue weighted by Crippen LogP contribution is -2.34. The number of anilines is 1. The molecule has 7 nitrogen and oxygen atoms in total. The predicted octanol–water partition coefficient (Wildman–Crippen LogP) is 2.65. The number of carbonyl (C=O) groups excluding carboxylic acids is 1. The first-order valence-electron chi connectivity index (χ1n) is 7.52. The van der Waals surface area contributed by atoms with E-state index in [-0.39, 0.29) is 11.4 Å². The minimum atomic E-state index is -3.77. The van der Waals surface area contributed by atoms with Crippen molar-refractivity contribution in [3.05, 3.63) is 34.3 Å². The lowest BCUT2D eigenvalue weighted by atomic mass is 10.1. The molecule has 0 saturated carbocycles. The van der Waals surface area contributed by atoms with Gasteiger partial charge in [0.25, 0.3) is 0 Å². The molecule has 2 aromatic rings. The number of nitrogens with one attached hydrogen (secondary N) is 1. The summed E-state index contributed by atoms with van der Waals surface area (Å²) in [6.45, 7) is 3.80. The Bertz CT molecular complexity index is 835. The van der Waals surface area contributed by atoms with Gasteiger partial charge in [-0.1, -0.05) is 36.8 Å². The lowest BCUT2D eigenvalue weighted by Gasteiger charge is -2.16. The molecule has 0 aliphatic carbocycles. The Hall–Kier alpha value is -1.55. The fourth-order valence-electron chi connectivity index (χ4n) is 1.97. The number of sulfonamides is 1. The third-order valence-electron chi connectivity index (χ3n) is 3.18. The summed E-state index contributed by atoms with van der Waals surface area (Å²) < 4.78 is 25.8. The van der Waals surface area contributed by atoms with Crippen molar-refractivity contribution in [2.24, 2.45) is 5.92 Å². The molecule has 0 spiro atoms. The van der Waals surface area contributed by atoms with Crippen LogP contribution in [0.2, 0.25) is 5.02 Å². The number of amides is 1. The van der Waals surface area contributed by atoms with Crippen molar-refractivity contribution in [1.29, 1.82) is 0 Å². The quantitative estimate of drug-likeness (QED) is 0.768. The van der Waals surface area contributed by atoms with Crippen LogP contribution >= 0.6 is 22.9 Å². The minimum absolute atomic E-state index is 0.0716. The average Bonchev–Trinajstić information content (AvgIpc) is 2.93. The Balaban J connectivity index is 1.99. The van der Waals surface area contributed by atoms with Crippen LogP contribution in [-0.4, -0.2) is 42.4 Å². The lowest BCUT2D eigenvalue weighted by molar-refractivity contribution is -0.116. The maximum Gasteiger partial charge on any atom is 0.243 e. The van der Waals surface area contributed by atoms with Crippen molar-refractivity contribution in [2.75, 3.05) is 18.9 Å². The zero-order valence-electron chi connectivity index (χ0n) is 14.1. The molecular weight excluding hydrogens is 384 g/mol. The Kier molecular flexibility index (Phi) is 6.50. The van der Waals surface area contributed by atoms with Gasteiger partial charge in [0, 0.05) is 18.5 Å².